The van der Waals surface area contributed by atoms with E-state index in [1.54, 1.807) is 36.2 Å². The molecule has 0 aliphatic carbocycles. The number of benzene rings is 1. The van der Waals surface area contributed by atoms with E-state index in [9.17, 15) is 9.59 Å². The summed E-state index contributed by atoms with van der Waals surface area (Å²) >= 11 is 0. The molecule has 0 aliphatic rings. The Morgan fingerprint density at radius 3 is 2.86 bits per heavy atom. The molecule has 0 radical (unpaired) electrons. The number of nitrogens with zero attached hydrogens (tertiary/aromatic N) is 1. The first-order valence-electron chi connectivity index (χ1n) is 4.11. The Morgan fingerprint density at radius 1 is 1.57 bits per heavy atom. The highest BCUT2D eigenvalue weighted by atomic mass is 16.4. The largest absolute Gasteiger partial charge is 0.480 e. The number of carboxylic acids is 1. The van der Waals surface area contributed by atoms with E-state index < -0.39 is 5.97 Å². The Labute approximate surface area is 81.8 Å². The van der Waals surface area contributed by atoms with Crippen molar-refractivity contribution in [2.24, 2.45) is 0 Å². The lowest BCUT2D eigenvalue weighted by molar-refractivity contribution is -0.135. The molecule has 14 heavy (non-hydrogen) atoms. The smallest absolute Gasteiger partial charge is 0.323 e. The van der Waals surface area contributed by atoms with Gasteiger partial charge in [0.15, 0.2) is 0 Å². The molecule has 0 saturated carbocycles. The number of aldehydes is 1. The standard InChI is InChI=1S/C10H11NO3/c1-11(6-10(13)14)9-4-2-3-8(5-9)7-12/h2-5,7H,6H2,1H3,(H,13,14). The Balaban J connectivity index is 2.83. The first-order valence-corrected chi connectivity index (χ1v) is 4.11. The molecule has 1 rings (SSSR count). The topological polar surface area (TPSA) is 57.6 Å². The van der Waals surface area contributed by atoms with Gasteiger partial charge < -0.3 is 10.0 Å². The number of anilines is 1. The summed E-state index contributed by atoms with van der Waals surface area (Å²) in [6.07, 6.45) is 0.734. The summed E-state index contributed by atoms with van der Waals surface area (Å²) in [6.45, 7) is -0.0810. The fraction of sp³-hybridized carbons (Fsp3) is 0.200. The molecule has 0 fully saturated rings. The number of likely N-dealkylation sites (N-methyl/N-ethyl adjacent to an activating group) is 1. The maximum Gasteiger partial charge on any atom is 0.323 e. The SMILES string of the molecule is CN(CC(=O)O)c1cccc(C=O)c1. The van der Waals surface area contributed by atoms with Gasteiger partial charge in [-0.15, -0.1) is 0 Å². The summed E-state index contributed by atoms with van der Waals surface area (Å²) in [4.78, 5) is 22.5. The Bertz CT molecular complexity index is 349. The summed E-state index contributed by atoms with van der Waals surface area (Å²) in [5.41, 5.74) is 1.26. The lowest BCUT2D eigenvalue weighted by Crippen LogP contribution is -2.25. The minimum atomic E-state index is -0.899. The fourth-order valence-electron chi connectivity index (χ4n) is 1.13. The highest BCUT2D eigenvalue weighted by Gasteiger charge is 2.05. The summed E-state index contributed by atoms with van der Waals surface area (Å²) < 4.78 is 0. The second kappa shape index (κ2) is 4.41. The normalized spacial score (nSPS) is 9.50. The first-order chi connectivity index (χ1) is 6.63. The first kappa shape index (κ1) is 10.2. The molecule has 0 heterocycles. The van der Waals surface area contributed by atoms with Crippen LogP contribution in [0.2, 0.25) is 0 Å². The number of hydrogen-bond acceptors (Lipinski definition) is 3. The molecule has 0 unspecified atom stereocenters. The highest BCUT2D eigenvalue weighted by molar-refractivity contribution is 5.78. The van der Waals surface area contributed by atoms with Gasteiger partial charge in [-0.05, 0) is 12.1 Å². The van der Waals surface area contributed by atoms with Crippen LogP contribution in [0, 0.1) is 0 Å². The zero-order chi connectivity index (χ0) is 10.6. The van der Waals surface area contributed by atoms with Crippen LogP contribution in [0.1, 0.15) is 10.4 Å². The number of carbonyl (C=O) groups is 2. The van der Waals surface area contributed by atoms with E-state index in [-0.39, 0.29) is 6.54 Å². The van der Waals surface area contributed by atoms with Gasteiger partial charge in [0, 0.05) is 18.3 Å². The molecule has 1 aromatic rings. The highest BCUT2D eigenvalue weighted by Crippen LogP contribution is 2.13. The van der Waals surface area contributed by atoms with Crippen LogP contribution in [0.3, 0.4) is 0 Å². The van der Waals surface area contributed by atoms with Gasteiger partial charge in [0.1, 0.15) is 12.8 Å². The predicted molar refractivity (Wildman–Crippen MR) is 52.7 cm³/mol. The van der Waals surface area contributed by atoms with E-state index >= 15 is 0 Å². The number of hydrogen-bond donors (Lipinski definition) is 1. The van der Waals surface area contributed by atoms with E-state index in [4.69, 9.17) is 5.11 Å². The van der Waals surface area contributed by atoms with Gasteiger partial charge >= 0.3 is 5.97 Å². The average molecular weight is 193 g/mol. The molecule has 4 heteroatoms. The maximum atomic E-state index is 10.5. The van der Waals surface area contributed by atoms with Gasteiger partial charge in [-0.2, -0.15) is 0 Å². The molecule has 0 saturated heterocycles. The molecular formula is C10H11NO3. The summed E-state index contributed by atoms with van der Waals surface area (Å²) in [5, 5.41) is 8.56. The molecule has 0 amide bonds. The van der Waals surface area contributed by atoms with Crippen LogP contribution in [-0.4, -0.2) is 31.0 Å². The van der Waals surface area contributed by atoms with Crippen molar-refractivity contribution in [3.8, 4) is 0 Å². The monoisotopic (exact) mass is 193 g/mol. The van der Waals surface area contributed by atoms with Crippen LogP contribution in [0.25, 0.3) is 0 Å². The molecule has 4 nitrogen and oxygen atoms in total. The van der Waals surface area contributed by atoms with E-state index in [0.29, 0.717) is 5.56 Å². The Kier molecular flexibility index (Phi) is 3.23. The van der Waals surface area contributed by atoms with E-state index in [2.05, 4.69) is 0 Å². The van der Waals surface area contributed by atoms with Crippen molar-refractivity contribution in [1.29, 1.82) is 0 Å². The van der Waals surface area contributed by atoms with Crippen molar-refractivity contribution in [3.63, 3.8) is 0 Å². The zero-order valence-corrected chi connectivity index (χ0v) is 7.80. The van der Waals surface area contributed by atoms with Crippen LogP contribution in [0.15, 0.2) is 24.3 Å². The van der Waals surface area contributed by atoms with Gasteiger partial charge in [-0.3, -0.25) is 9.59 Å². The molecular weight excluding hydrogens is 182 g/mol. The van der Waals surface area contributed by atoms with Crippen LogP contribution in [0.5, 0.6) is 0 Å². The molecule has 0 aliphatic heterocycles. The minimum absolute atomic E-state index is 0.0810. The van der Waals surface area contributed by atoms with Gasteiger partial charge in [0.2, 0.25) is 0 Å². The number of aliphatic carboxylic acids is 1. The van der Waals surface area contributed by atoms with E-state index in [0.717, 1.165) is 12.0 Å². The van der Waals surface area contributed by atoms with Crippen LogP contribution >= 0.6 is 0 Å². The van der Waals surface area contributed by atoms with Crippen molar-refractivity contribution >= 4 is 17.9 Å². The van der Waals surface area contributed by atoms with Crippen LogP contribution in [0.4, 0.5) is 5.69 Å². The average Bonchev–Trinajstić information content (AvgIpc) is 2.17. The fourth-order valence-corrected chi connectivity index (χ4v) is 1.13. The third kappa shape index (κ3) is 2.58. The molecule has 1 aromatic carbocycles. The van der Waals surface area contributed by atoms with Gasteiger partial charge in [0.05, 0.1) is 0 Å². The number of rotatable bonds is 4. The Morgan fingerprint density at radius 2 is 2.29 bits per heavy atom. The van der Waals surface area contributed by atoms with Crippen LogP contribution < -0.4 is 4.90 Å². The second-order valence-electron chi connectivity index (χ2n) is 2.96. The minimum Gasteiger partial charge on any atom is -0.480 e. The lowest BCUT2D eigenvalue weighted by atomic mass is 10.2. The third-order valence-electron chi connectivity index (χ3n) is 1.82. The third-order valence-corrected chi connectivity index (χ3v) is 1.82. The predicted octanol–water partition coefficient (Wildman–Crippen LogP) is 1.02. The van der Waals surface area contributed by atoms with Crippen molar-refractivity contribution in [2.45, 2.75) is 0 Å². The number of carboxylic acid groups (broad SMARTS) is 1. The summed E-state index contributed by atoms with van der Waals surface area (Å²) in [6, 6.07) is 6.80. The van der Waals surface area contributed by atoms with Gasteiger partial charge in [-0.25, -0.2) is 0 Å². The van der Waals surface area contributed by atoms with Crippen molar-refractivity contribution in [2.75, 3.05) is 18.5 Å². The second-order valence-corrected chi connectivity index (χ2v) is 2.96. The zero-order valence-electron chi connectivity index (χ0n) is 7.80. The molecule has 0 atom stereocenters. The summed E-state index contributed by atoms with van der Waals surface area (Å²) in [7, 11) is 1.66. The molecule has 0 aromatic heterocycles. The van der Waals surface area contributed by atoms with Gasteiger partial charge in [-0.1, -0.05) is 12.1 Å². The summed E-state index contributed by atoms with van der Waals surface area (Å²) in [5.74, 6) is -0.899. The molecule has 0 spiro atoms. The quantitative estimate of drug-likeness (QED) is 0.725. The lowest BCUT2D eigenvalue weighted by Gasteiger charge is -2.16. The van der Waals surface area contributed by atoms with E-state index in [1.807, 2.05) is 0 Å². The van der Waals surface area contributed by atoms with Crippen molar-refractivity contribution in [3.05, 3.63) is 29.8 Å². The van der Waals surface area contributed by atoms with Crippen molar-refractivity contribution < 1.29 is 14.7 Å². The van der Waals surface area contributed by atoms with Crippen LogP contribution in [-0.2, 0) is 4.79 Å². The molecule has 74 valence electrons. The van der Waals surface area contributed by atoms with E-state index in [1.165, 1.54) is 0 Å². The van der Waals surface area contributed by atoms with Gasteiger partial charge in [0.25, 0.3) is 0 Å². The number of carbonyl (C=O) groups excluding carboxylic acids is 1. The molecule has 1 N–H and O–H groups in total. The Hall–Kier alpha value is -1.84. The molecule has 0 bridgehead atoms. The maximum absolute atomic E-state index is 10.5. The van der Waals surface area contributed by atoms with Crippen molar-refractivity contribution in [1.82, 2.24) is 0 Å².